The molecule has 8 heteroatoms. The molecule has 3 rings (SSSR count). The third-order valence-corrected chi connectivity index (χ3v) is 4.50. The Hall–Kier alpha value is -2.71. The van der Waals surface area contributed by atoms with E-state index in [-0.39, 0.29) is 36.9 Å². The molecule has 1 aliphatic rings. The first-order valence-electron chi connectivity index (χ1n) is 8.81. The predicted molar refractivity (Wildman–Crippen MR) is 99.3 cm³/mol. The minimum atomic E-state index is -1.05. The number of aliphatic hydroxyl groups is 1. The van der Waals surface area contributed by atoms with Crippen LogP contribution in [0.15, 0.2) is 30.3 Å². The second-order valence-electron chi connectivity index (χ2n) is 7.44. The van der Waals surface area contributed by atoms with Crippen LogP contribution in [0.2, 0.25) is 0 Å². The number of ether oxygens (including phenoxy) is 1. The third-order valence-electron chi connectivity index (χ3n) is 4.50. The van der Waals surface area contributed by atoms with Crippen LogP contribution in [0.1, 0.15) is 31.1 Å². The molecule has 28 heavy (non-hydrogen) atoms. The molecule has 1 atom stereocenters. The van der Waals surface area contributed by atoms with Gasteiger partial charge in [-0.05, 0) is 38.0 Å². The van der Waals surface area contributed by atoms with E-state index in [0.717, 1.165) is 6.07 Å². The second kappa shape index (κ2) is 7.73. The Balaban J connectivity index is 1.71. The number of carbonyl (C=O) groups is 1. The molecule has 0 spiro atoms. The molecule has 4 N–H and O–H groups in total. The van der Waals surface area contributed by atoms with Gasteiger partial charge >= 0.3 is 0 Å². The van der Waals surface area contributed by atoms with Crippen molar-refractivity contribution in [1.82, 2.24) is 5.32 Å². The van der Waals surface area contributed by atoms with Gasteiger partial charge in [0.1, 0.15) is 23.1 Å². The molecule has 6 nitrogen and oxygen atoms in total. The summed E-state index contributed by atoms with van der Waals surface area (Å²) < 4.78 is 32.4. The Labute approximate surface area is 161 Å². The van der Waals surface area contributed by atoms with Crippen LogP contribution in [-0.4, -0.2) is 34.8 Å². The minimum absolute atomic E-state index is 0.0863. The van der Waals surface area contributed by atoms with E-state index in [1.54, 1.807) is 0 Å². The smallest absolute Gasteiger partial charge is 0.262 e. The van der Waals surface area contributed by atoms with Crippen molar-refractivity contribution in [2.45, 2.75) is 31.9 Å². The van der Waals surface area contributed by atoms with Crippen LogP contribution in [0.25, 0.3) is 0 Å². The van der Waals surface area contributed by atoms with Gasteiger partial charge in [-0.15, -0.1) is 0 Å². The number of hydrogen-bond acceptors (Lipinski definition) is 5. The molecule has 2 aromatic rings. The van der Waals surface area contributed by atoms with Crippen LogP contribution in [0.3, 0.4) is 0 Å². The molecule has 1 aliphatic heterocycles. The lowest BCUT2D eigenvalue weighted by molar-refractivity contribution is -0.118. The minimum Gasteiger partial charge on any atom is -0.508 e. The first-order chi connectivity index (χ1) is 13.1. The van der Waals surface area contributed by atoms with Crippen molar-refractivity contribution in [3.05, 3.63) is 53.1 Å². The van der Waals surface area contributed by atoms with Crippen molar-refractivity contribution in [2.24, 2.45) is 0 Å². The number of phenolic OH excluding ortho intramolecular Hbond substituents is 1. The fraction of sp³-hybridized carbons (Fsp3) is 0.350. The number of aromatic hydroxyl groups is 1. The lowest BCUT2D eigenvalue weighted by Crippen LogP contribution is -2.43. The SMILES string of the molecule is CC(C)(Cc1ccc(F)cc1F)NC[C@H](O)c1cc(O)cc2c1OCC(=O)N2. The van der Waals surface area contributed by atoms with Gasteiger partial charge < -0.3 is 25.6 Å². The van der Waals surface area contributed by atoms with Gasteiger partial charge in [0.05, 0.1) is 11.8 Å². The summed E-state index contributed by atoms with van der Waals surface area (Å²) in [6.45, 7) is 3.57. The highest BCUT2D eigenvalue weighted by atomic mass is 19.1. The Morgan fingerprint density at radius 3 is 2.75 bits per heavy atom. The van der Waals surface area contributed by atoms with Crippen LogP contribution in [0, 0.1) is 11.6 Å². The maximum Gasteiger partial charge on any atom is 0.262 e. The lowest BCUT2D eigenvalue weighted by atomic mass is 9.94. The Bertz CT molecular complexity index is 902. The van der Waals surface area contributed by atoms with Crippen molar-refractivity contribution in [1.29, 1.82) is 0 Å². The number of β-amino-alcohol motifs (C(OH)–C–C–N with tert-alkyl or cyclic N) is 1. The van der Waals surface area contributed by atoms with Crippen LogP contribution in [0.5, 0.6) is 11.5 Å². The molecule has 0 bridgehead atoms. The quantitative estimate of drug-likeness (QED) is 0.607. The van der Waals surface area contributed by atoms with Crippen LogP contribution < -0.4 is 15.4 Å². The molecule has 0 saturated heterocycles. The normalized spacial score (nSPS) is 14.8. The maximum absolute atomic E-state index is 13.9. The average Bonchev–Trinajstić information content (AvgIpc) is 2.61. The number of aliphatic hydroxyl groups excluding tert-OH is 1. The fourth-order valence-electron chi connectivity index (χ4n) is 3.15. The van der Waals surface area contributed by atoms with Crippen molar-refractivity contribution < 1.29 is 28.5 Å². The van der Waals surface area contributed by atoms with Gasteiger partial charge in [-0.1, -0.05) is 6.07 Å². The van der Waals surface area contributed by atoms with Crippen molar-refractivity contribution in [3.63, 3.8) is 0 Å². The highest BCUT2D eigenvalue weighted by Gasteiger charge is 2.26. The molecular weight excluding hydrogens is 370 g/mol. The topological polar surface area (TPSA) is 90.8 Å². The second-order valence-corrected chi connectivity index (χ2v) is 7.44. The molecule has 1 amide bonds. The van der Waals surface area contributed by atoms with E-state index >= 15 is 0 Å². The number of amides is 1. The highest BCUT2D eigenvalue weighted by molar-refractivity contribution is 5.96. The fourth-order valence-corrected chi connectivity index (χ4v) is 3.15. The number of rotatable bonds is 6. The van der Waals surface area contributed by atoms with Gasteiger partial charge in [-0.2, -0.15) is 0 Å². The zero-order chi connectivity index (χ0) is 20.5. The number of fused-ring (bicyclic) bond motifs is 1. The van der Waals surface area contributed by atoms with E-state index in [9.17, 15) is 23.8 Å². The summed E-state index contributed by atoms with van der Waals surface area (Å²) in [6, 6.07) is 6.15. The molecule has 0 saturated carbocycles. The van der Waals surface area contributed by atoms with E-state index in [4.69, 9.17) is 4.74 Å². The van der Waals surface area contributed by atoms with E-state index in [1.165, 1.54) is 24.3 Å². The number of halogens is 2. The van der Waals surface area contributed by atoms with Gasteiger partial charge in [-0.3, -0.25) is 4.79 Å². The molecule has 2 aromatic carbocycles. The summed E-state index contributed by atoms with van der Waals surface area (Å²) in [6.07, 6.45) is -0.774. The van der Waals surface area contributed by atoms with E-state index in [0.29, 0.717) is 16.9 Å². The van der Waals surface area contributed by atoms with Gasteiger partial charge in [0.25, 0.3) is 5.91 Å². The number of nitrogens with one attached hydrogen (secondary N) is 2. The van der Waals surface area contributed by atoms with Crippen LogP contribution >= 0.6 is 0 Å². The van der Waals surface area contributed by atoms with E-state index < -0.39 is 23.3 Å². The molecular formula is C20H22F2N2O4. The molecule has 150 valence electrons. The summed E-state index contributed by atoms with van der Waals surface area (Å²) in [5.74, 6) is -1.43. The van der Waals surface area contributed by atoms with Crippen molar-refractivity contribution >= 4 is 11.6 Å². The zero-order valence-electron chi connectivity index (χ0n) is 15.6. The molecule has 0 unspecified atom stereocenters. The van der Waals surface area contributed by atoms with Crippen LogP contribution in [-0.2, 0) is 11.2 Å². The van der Waals surface area contributed by atoms with E-state index in [1.807, 2.05) is 13.8 Å². The largest absolute Gasteiger partial charge is 0.508 e. The van der Waals surface area contributed by atoms with Crippen molar-refractivity contribution in [2.75, 3.05) is 18.5 Å². The Kier molecular flexibility index (Phi) is 5.53. The number of carbonyl (C=O) groups excluding carboxylic acids is 1. The zero-order valence-corrected chi connectivity index (χ0v) is 15.6. The molecule has 0 aromatic heterocycles. The van der Waals surface area contributed by atoms with Gasteiger partial charge in [0.2, 0.25) is 0 Å². The summed E-state index contributed by atoms with van der Waals surface area (Å²) in [4.78, 5) is 11.5. The van der Waals surface area contributed by atoms with Gasteiger partial charge in [-0.25, -0.2) is 8.78 Å². The first kappa shape index (κ1) is 20.0. The number of benzene rings is 2. The number of anilines is 1. The summed E-state index contributed by atoms with van der Waals surface area (Å²) in [7, 11) is 0. The maximum atomic E-state index is 13.9. The van der Waals surface area contributed by atoms with Crippen molar-refractivity contribution in [3.8, 4) is 11.5 Å². The molecule has 0 fully saturated rings. The van der Waals surface area contributed by atoms with Crippen LogP contribution in [0.4, 0.5) is 14.5 Å². The number of phenols is 1. The predicted octanol–water partition coefficient (Wildman–Crippen LogP) is 2.65. The summed E-state index contributed by atoms with van der Waals surface area (Å²) >= 11 is 0. The average molecular weight is 392 g/mol. The monoisotopic (exact) mass is 392 g/mol. The third kappa shape index (κ3) is 4.58. The summed E-state index contributed by atoms with van der Waals surface area (Å²) in [5, 5.41) is 26.2. The Morgan fingerprint density at radius 1 is 1.29 bits per heavy atom. The van der Waals surface area contributed by atoms with Gasteiger partial charge in [0, 0.05) is 29.8 Å². The molecule has 0 radical (unpaired) electrons. The molecule has 1 heterocycles. The lowest BCUT2D eigenvalue weighted by Gasteiger charge is -2.29. The highest BCUT2D eigenvalue weighted by Crippen LogP contribution is 2.38. The molecule has 0 aliphatic carbocycles. The standard InChI is InChI=1S/C20H22F2N2O4/c1-20(2,8-11-3-4-12(21)5-15(11)22)23-9-17(26)14-6-13(25)7-16-19(14)28-10-18(27)24-16/h3-7,17,23,25-26H,8-10H2,1-2H3,(H,24,27)/t17-/m0/s1. The first-order valence-corrected chi connectivity index (χ1v) is 8.81. The van der Waals surface area contributed by atoms with Gasteiger partial charge in [0.15, 0.2) is 6.61 Å². The Morgan fingerprint density at radius 2 is 2.04 bits per heavy atom. The number of hydrogen-bond donors (Lipinski definition) is 4. The van der Waals surface area contributed by atoms with E-state index in [2.05, 4.69) is 10.6 Å². The summed E-state index contributed by atoms with van der Waals surface area (Å²) in [5.41, 5.74) is 0.365.